The van der Waals surface area contributed by atoms with Gasteiger partial charge in [-0.2, -0.15) is 9.29 Å². The molecule has 0 aromatic carbocycles. The highest BCUT2D eigenvalue weighted by Gasteiger charge is 2.46. The zero-order valence-corrected chi connectivity index (χ0v) is 45.4. The number of allylic oxidation sites excluding steroid dienone is 6. The molecule has 1 aromatic heterocycles. The number of phosphoric ester groups is 2. The molecule has 0 spiro atoms. The number of aromatic nitrogens is 2. The highest BCUT2D eigenvalue weighted by molar-refractivity contribution is 7.61. The van der Waals surface area contributed by atoms with Crippen LogP contribution in [0.25, 0.3) is 0 Å². The summed E-state index contributed by atoms with van der Waals surface area (Å²) in [6, 6.07) is 1.23. The van der Waals surface area contributed by atoms with Crippen LogP contribution in [0.4, 0.5) is 5.82 Å². The molecule has 0 aliphatic carbocycles. The molecule has 0 saturated carbocycles. The summed E-state index contributed by atoms with van der Waals surface area (Å²) in [5, 5.41) is 51.6. The van der Waals surface area contributed by atoms with Gasteiger partial charge in [0.2, 0.25) is 0 Å². The average Bonchev–Trinajstić information content (AvgIpc) is 3.62. The quantitative estimate of drug-likeness (QED) is 0.0134. The Bertz CT molecular complexity index is 2000. The first-order chi connectivity index (χ1) is 35.2. The smallest absolute Gasteiger partial charge is 0.462 e. The van der Waals surface area contributed by atoms with Crippen LogP contribution < -0.4 is 11.4 Å². The second-order valence-electron chi connectivity index (χ2n) is 19.1. The molecular weight excluding hydrogens is 1000 g/mol. The van der Waals surface area contributed by atoms with E-state index in [0.717, 1.165) is 68.0 Å². The Morgan fingerprint density at radius 2 is 1.28 bits per heavy atom. The van der Waals surface area contributed by atoms with Crippen molar-refractivity contribution in [2.45, 2.75) is 211 Å². The number of phosphoric acid groups is 2. The molecule has 0 bridgehead atoms. The summed E-state index contributed by atoms with van der Waals surface area (Å²) >= 11 is 0. The van der Waals surface area contributed by atoms with Crippen LogP contribution >= 0.6 is 15.6 Å². The van der Waals surface area contributed by atoms with Crippen molar-refractivity contribution in [3.8, 4) is 0 Å². The van der Waals surface area contributed by atoms with E-state index >= 15 is 0 Å². The molecule has 0 radical (unpaired) electrons. The van der Waals surface area contributed by atoms with Gasteiger partial charge >= 0.3 is 33.3 Å². The van der Waals surface area contributed by atoms with Gasteiger partial charge < -0.3 is 55.3 Å². The van der Waals surface area contributed by atoms with Crippen LogP contribution in [-0.2, 0) is 46.3 Å². The third-order valence-corrected chi connectivity index (χ3v) is 14.6. The van der Waals surface area contributed by atoms with Crippen molar-refractivity contribution in [1.29, 1.82) is 0 Å². The first kappa shape index (κ1) is 66.7. The maximum absolute atomic E-state index is 12.9. The number of ether oxygens (including phenoxy) is 3. The molecule has 1 aromatic rings. The van der Waals surface area contributed by atoms with Gasteiger partial charge in [-0.25, -0.2) is 13.9 Å². The number of anilines is 1. The van der Waals surface area contributed by atoms with Crippen molar-refractivity contribution in [2.24, 2.45) is 5.92 Å². The zero-order valence-electron chi connectivity index (χ0n) is 43.6. The second-order valence-corrected chi connectivity index (χ2v) is 22.1. The van der Waals surface area contributed by atoms with E-state index in [2.05, 4.69) is 30.1 Å². The lowest BCUT2D eigenvalue weighted by Crippen LogP contribution is -2.36. The van der Waals surface area contributed by atoms with Gasteiger partial charge in [0.25, 0.3) is 0 Å². The molecule has 1 aliphatic rings. The average molecular weight is 1090 g/mol. The van der Waals surface area contributed by atoms with E-state index in [1.807, 2.05) is 0 Å². The van der Waals surface area contributed by atoms with Gasteiger partial charge in [0.05, 0.1) is 31.5 Å². The Balaban J connectivity index is 1.88. The number of esters is 2. The fourth-order valence-electron chi connectivity index (χ4n) is 7.71. The summed E-state index contributed by atoms with van der Waals surface area (Å²) < 4.78 is 56.6. The van der Waals surface area contributed by atoms with Gasteiger partial charge in [-0.1, -0.05) is 172 Å². The Hall–Kier alpha value is -3.40. The Labute approximate surface area is 437 Å². The molecule has 1 aliphatic heterocycles. The summed E-state index contributed by atoms with van der Waals surface area (Å²) in [6.07, 6.45) is 22.7. The molecule has 2 rings (SSSR count). The summed E-state index contributed by atoms with van der Waals surface area (Å²) in [4.78, 5) is 62.0. The number of aliphatic hydroxyl groups excluding tert-OH is 5. The number of nitrogens with zero attached hydrogens (tertiary/aromatic N) is 2. The van der Waals surface area contributed by atoms with E-state index in [0.29, 0.717) is 12.8 Å². The molecule has 21 nitrogen and oxygen atoms in total. The maximum atomic E-state index is 12.9. The number of nitrogens with two attached hydrogens (primary N) is 1. The topological polar surface area (TPSA) is 326 Å². The number of unbranched alkanes of at least 4 members (excludes halogenated alkanes) is 14. The SMILES string of the molecule is CCCCC[C@@H](O)/C=C/C=C\C=C\C=C\[C@@H](O)[C@H](O)CCCC(=O)OC[C@H](COP(=O)(O)OP(=O)(O)OC[C@H]1O[C@@H](n2ccc(N)nc2=O)[C@H](O)[C@@H]1O)OC(=O)CCCCCCCCCCCCCCCC(C)C. The monoisotopic (exact) mass is 1090 g/mol. The van der Waals surface area contributed by atoms with E-state index < -0.39 is 102 Å². The summed E-state index contributed by atoms with van der Waals surface area (Å²) in [6.45, 7) is 4.02. The van der Waals surface area contributed by atoms with Gasteiger partial charge in [-0.3, -0.25) is 23.2 Å². The molecule has 23 heteroatoms. The predicted molar refractivity (Wildman–Crippen MR) is 279 cm³/mol. The van der Waals surface area contributed by atoms with Crippen LogP contribution in [0, 0.1) is 5.92 Å². The van der Waals surface area contributed by atoms with Crippen molar-refractivity contribution in [3.05, 3.63) is 71.4 Å². The first-order valence-corrected chi connectivity index (χ1v) is 29.3. The normalized spacial score (nSPS) is 20.6. The van der Waals surface area contributed by atoms with E-state index in [9.17, 15) is 58.8 Å². The lowest BCUT2D eigenvalue weighted by atomic mass is 10.0. The third-order valence-electron chi connectivity index (χ3n) is 12.0. The van der Waals surface area contributed by atoms with Gasteiger partial charge in [0, 0.05) is 19.0 Å². The first-order valence-electron chi connectivity index (χ1n) is 26.3. The predicted octanol–water partition coefficient (Wildman–Crippen LogP) is 7.72. The number of hydrogen-bond acceptors (Lipinski definition) is 18. The van der Waals surface area contributed by atoms with E-state index in [1.165, 1.54) is 63.5 Å². The maximum Gasteiger partial charge on any atom is 0.481 e. The number of hydrogen-bond donors (Lipinski definition) is 8. The Morgan fingerprint density at radius 3 is 1.89 bits per heavy atom. The molecule has 9 N–H and O–H groups in total. The molecule has 1 fully saturated rings. The Kier molecular flexibility index (Phi) is 34.4. The summed E-state index contributed by atoms with van der Waals surface area (Å²) in [7, 11) is -11.0. The Morgan fingerprint density at radius 1 is 0.730 bits per heavy atom. The van der Waals surface area contributed by atoms with Gasteiger partial charge in [0.15, 0.2) is 12.3 Å². The van der Waals surface area contributed by atoms with Crippen LogP contribution in [0.2, 0.25) is 0 Å². The number of nitrogen functional groups attached to an aromatic ring is 1. The van der Waals surface area contributed by atoms with Crippen molar-refractivity contribution >= 4 is 33.4 Å². The van der Waals surface area contributed by atoms with Crippen molar-refractivity contribution in [1.82, 2.24) is 9.55 Å². The number of carbonyl (C=O) groups excluding carboxylic acids is 2. The van der Waals surface area contributed by atoms with E-state index in [4.69, 9.17) is 29.0 Å². The minimum Gasteiger partial charge on any atom is -0.462 e. The molecule has 74 heavy (non-hydrogen) atoms. The molecule has 10 atom stereocenters. The van der Waals surface area contributed by atoms with Crippen LogP contribution in [0.5, 0.6) is 0 Å². The van der Waals surface area contributed by atoms with Gasteiger partial charge in [-0.05, 0) is 37.7 Å². The molecule has 1 saturated heterocycles. The minimum atomic E-state index is -5.50. The third kappa shape index (κ3) is 31.0. The fraction of sp³-hybridized carbons (Fsp3) is 0.725. The van der Waals surface area contributed by atoms with Crippen LogP contribution in [0.3, 0.4) is 0 Å². The van der Waals surface area contributed by atoms with Crippen molar-refractivity contribution in [3.63, 3.8) is 0 Å². The second kappa shape index (κ2) is 38.2. The van der Waals surface area contributed by atoms with Crippen molar-refractivity contribution < 1.29 is 81.6 Å². The van der Waals surface area contributed by atoms with Gasteiger partial charge in [0.1, 0.15) is 30.7 Å². The van der Waals surface area contributed by atoms with Crippen LogP contribution in [0.1, 0.15) is 168 Å². The number of aliphatic hydroxyl groups is 5. The zero-order chi connectivity index (χ0) is 54.8. The summed E-state index contributed by atoms with van der Waals surface area (Å²) in [5.41, 5.74) is 4.56. The number of carbonyl (C=O) groups is 2. The molecule has 0 amide bonds. The van der Waals surface area contributed by atoms with E-state index in [1.54, 1.807) is 42.5 Å². The standard InChI is InChI=1S/C51H87N3O18P2/c1-4-5-21-28-40(55)29-23-18-15-16-19-24-30-42(56)43(57)31-26-33-46(58)67-36-41(70-47(59)32-25-20-14-12-10-8-6-7-9-11-13-17-22-27-39(2)3)37-68-73(63,64)72-74(65,66)69-38-44-48(60)49(61)50(71-44)54-35-34-45(52)53-51(54)62/h15-16,18-19,23-24,29-30,34-35,39-44,48-50,55-57,60-61H,4-14,17,20-22,25-28,31-33,36-38H2,1-3H3,(H,63,64)(H,65,66)(H2,52,53,62)/b18-15-,19-16+,29-23+,30-24+/t40-,41-,42-,43-,44-,48-,49-,50-/m1/s1. The highest BCUT2D eigenvalue weighted by atomic mass is 31.3. The highest BCUT2D eigenvalue weighted by Crippen LogP contribution is 2.60. The lowest BCUT2D eigenvalue weighted by Gasteiger charge is -2.21. The number of rotatable bonds is 42. The summed E-state index contributed by atoms with van der Waals surface area (Å²) in [5.74, 6) is -0.878. The van der Waals surface area contributed by atoms with Crippen molar-refractivity contribution in [2.75, 3.05) is 25.6 Å². The lowest BCUT2D eigenvalue weighted by molar-refractivity contribution is -0.161. The molecular formula is C51H87N3O18P2. The molecule has 2 unspecified atom stereocenters. The largest absolute Gasteiger partial charge is 0.481 e. The van der Waals surface area contributed by atoms with Crippen LogP contribution in [-0.4, -0.2) is 119 Å². The molecule has 424 valence electrons. The van der Waals surface area contributed by atoms with Gasteiger partial charge in [-0.15, -0.1) is 0 Å². The molecule has 2 heterocycles. The van der Waals surface area contributed by atoms with E-state index in [-0.39, 0.29) is 31.5 Å². The van der Waals surface area contributed by atoms with Crippen LogP contribution in [0.15, 0.2) is 65.7 Å². The minimum absolute atomic E-state index is 0.0112. The fourth-order valence-corrected chi connectivity index (χ4v) is 9.82.